The first kappa shape index (κ1) is 16.3. The number of amides is 1. The summed E-state index contributed by atoms with van der Waals surface area (Å²) in [7, 11) is 1.68. The van der Waals surface area contributed by atoms with Crippen LogP contribution in [0.15, 0.2) is 24.3 Å². The van der Waals surface area contributed by atoms with Crippen molar-refractivity contribution in [3.63, 3.8) is 0 Å². The highest BCUT2D eigenvalue weighted by atomic mass is 35.5. The molecule has 0 unspecified atom stereocenters. The van der Waals surface area contributed by atoms with Crippen molar-refractivity contribution in [1.82, 2.24) is 5.32 Å². The zero-order valence-corrected chi connectivity index (χ0v) is 13.1. The first-order chi connectivity index (χ1) is 10.1. The van der Waals surface area contributed by atoms with Gasteiger partial charge in [0.05, 0.1) is 6.10 Å². The lowest BCUT2D eigenvalue weighted by molar-refractivity contribution is -0.127. The van der Waals surface area contributed by atoms with Gasteiger partial charge in [-0.05, 0) is 43.4 Å². The molecule has 0 bridgehead atoms. The van der Waals surface area contributed by atoms with Crippen LogP contribution in [0.25, 0.3) is 0 Å². The smallest absolute Gasteiger partial charge is 0.223 e. The lowest BCUT2D eigenvalue weighted by atomic mass is 9.83. The molecular formula is C16H23ClN2O2. The summed E-state index contributed by atoms with van der Waals surface area (Å²) in [4.78, 5) is 12.2. The number of nitrogens with two attached hydrogens (primary N) is 1. The number of carbonyl (C=O) groups excluding carboxylic acids is 1. The van der Waals surface area contributed by atoms with Crippen molar-refractivity contribution >= 4 is 17.5 Å². The second-order valence-corrected chi connectivity index (χ2v) is 6.06. The Morgan fingerprint density at radius 1 is 1.48 bits per heavy atom. The number of rotatable bonds is 5. The summed E-state index contributed by atoms with van der Waals surface area (Å²) in [6.07, 6.45) is 3.26. The van der Waals surface area contributed by atoms with Crippen molar-refractivity contribution in [2.75, 3.05) is 13.7 Å². The Morgan fingerprint density at radius 3 is 2.95 bits per heavy atom. The molecule has 1 aliphatic carbocycles. The summed E-state index contributed by atoms with van der Waals surface area (Å²) in [6.45, 7) is 0.624. The predicted octanol–water partition coefficient (Wildman–Crippen LogP) is 2.14. The average Bonchev–Trinajstić information content (AvgIpc) is 2.47. The molecule has 21 heavy (non-hydrogen) atoms. The molecule has 4 nitrogen and oxygen atoms in total. The van der Waals surface area contributed by atoms with Crippen LogP contribution in [0.2, 0.25) is 5.02 Å². The monoisotopic (exact) mass is 310 g/mol. The second kappa shape index (κ2) is 7.78. The number of carbonyl (C=O) groups is 1. The van der Waals surface area contributed by atoms with Crippen molar-refractivity contribution in [2.45, 2.75) is 37.8 Å². The second-order valence-electron chi connectivity index (χ2n) is 5.62. The summed E-state index contributed by atoms with van der Waals surface area (Å²) in [5.41, 5.74) is 7.16. The van der Waals surface area contributed by atoms with E-state index < -0.39 is 0 Å². The van der Waals surface area contributed by atoms with Crippen molar-refractivity contribution < 1.29 is 9.53 Å². The van der Waals surface area contributed by atoms with Gasteiger partial charge in [0.1, 0.15) is 0 Å². The standard InChI is InChI=1S/C16H23ClN2O2/c1-21-15-6-5-12(10-14(15)18)16(20)19-8-7-11-3-2-4-13(17)9-11/h2-4,9,12,14-15H,5-8,10,18H2,1H3,(H,19,20)/t12-,14+,15+/m0/s1. The van der Waals surface area contributed by atoms with Crippen LogP contribution in [0.5, 0.6) is 0 Å². The minimum atomic E-state index is -0.0487. The van der Waals surface area contributed by atoms with Gasteiger partial charge in [-0.2, -0.15) is 0 Å². The third kappa shape index (κ3) is 4.70. The molecule has 0 heterocycles. The van der Waals surface area contributed by atoms with Crippen molar-refractivity contribution in [1.29, 1.82) is 0 Å². The minimum Gasteiger partial charge on any atom is -0.380 e. The maximum Gasteiger partial charge on any atom is 0.223 e. The fourth-order valence-corrected chi connectivity index (χ4v) is 3.09. The number of hydrogen-bond acceptors (Lipinski definition) is 3. The Morgan fingerprint density at radius 2 is 2.29 bits per heavy atom. The van der Waals surface area contributed by atoms with Crippen LogP contribution in [-0.4, -0.2) is 31.7 Å². The van der Waals surface area contributed by atoms with Gasteiger partial charge in [0, 0.05) is 30.6 Å². The van der Waals surface area contributed by atoms with E-state index in [1.54, 1.807) is 7.11 Å². The van der Waals surface area contributed by atoms with E-state index in [2.05, 4.69) is 5.32 Å². The minimum absolute atomic E-state index is 0.00533. The van der Waals surface area contributed by atoms with Crippen molar-refractivity contribution in [2.24, 2.45) is 11.7 Å². The first-order valence-electron chi connectivity index (χ1n) is 7.40. The lowest BCUT2D eigenvalue weighted by Gasteiger charge is -2.32. The van der Waals surface area contributed by atoms with Gasteiger partial charge in [-0.25, -0.2) is 0 Å². The Bertz CT molecular complexity index is 481. The number of halogens is 1. The Hall–Kier alpha value is -1.10. The van der Waals surface area contributed by atoms with Gasteiger partial charge in [0.2, 0.25) is 5.91 Å². The number of nitrogens with one attached hydrogen (secondary N) is 1. The van der Waals surface area contributed by atoms with Crippen LogP contribution in [0.1, 0.15) is 24.8 Å². The van der Waals surface area contributed by atoms with E-state index in [1.807, 2.05) is 24.3 Å². The van der Waals surface area contributed by atoms with Crippen molar-refractivity contribution in [3.8, 4) is 0 Å². The molecule has 1 aromatic rings. The van der Waals surface area contributed by atoms with E-state index in [0.29, 0.717) is 13.0 Å². The molecule has 116 valence electrons. The zero-order chi connectivity index (χ0) is 15.2. The summed E-state index contributed by atoms with van der Waals surface area (Å²) in [6, 6.07) is 7.65. The van der Waals surface area contributed by atoms with Crippen LogP contribution in [0, 0.1) is 5.92 Å². The van der Waals surface area contributed by atoms with E-state index in [9.17, 15) is 4.79 Å². The third-order valence-electron chi connectivity index (χ3n) is 4.11. The molecule has 1 amide bonds. The van der Waals surface area contributed by atoms with Crippen LogP contribution < -0.4 is 11.1 Å². The average molecular weight is 311 g/mol. The summed E-state index contributed by atoms with van der Waals surface area (Å²) in [5.74, 6) is 0.104. The van der Waals surface area contributed by atoms with E-state index in [0.717, 1.165) is 29.8 Å². The van der Waals surface area contributed by atoms with E-state index in [1.165, 1.54) is 0 Å². The molecule has 3 N–H and O–H groups in total. The van der Waals surface area contributed by atoms with E-state index >= 15 is 0 Å². The van der Waals surface area contributed by atoms with Gasteiger partial charge in [0.25, 0.3) is 0 Å². The Kier molecular flexibility index (Phi) is 6.03. The van der Waals surface area contributed by atoms with Crippen LogP contribution in [-0.2, 0) is 16.0 Å². The maximum atomic E-state index is 12.2. The molecule has 3 atom stereocenters. The molecular weight excluding hydrogens is 288 g/mol. The number of methoxy groups -OCH3 is 1. The van der Waals surface area contributed by atoms with Gasteiger partial charge < -0.3 is 15.8 Å². The lowest BCUT2D eigenvalue weighted by Crippen LogP contribution is -2.45. The number of hydrogen-bond donors (Lipinski definition) is 2. The van der Waals surface area contributed by atoms with Gasteiger partial charge >= 0.3 is 0 Å². The molecule has 0 aliphatic heterocycles. The Balaban J connectivity index is 1.75. The highest BCUT2D eigenvalue weighted by molar-refractivity contribution is 6.30. The molecule has 5 heteroatoms. The van der Waals surface area contributed by atoms with Gasteiger partial charge in [-0.3, -0.25) is 4.79 Å². The summed E-state index contributed by atoms with van der Waals surface area (Å²) < 4.78 is 5.31. The van der Waals surface area contributed by atoms with E-state index in [-0.39, 0.29) is 24.0 Å². The molecule has 2 rings (SSSR count). The fourth-order valence-electron chi connectivity index (χ4n) is 2.88. The van der Waals surface area contributed by atoms with Crippen molar-refractivity contribution in [3.05, 3.63) is 34.9 Å². The maximum absolute atomic E-state index is 12.2. The molecule has 0 radical (unpaired) electrons. The predicted molar refractivity (Wildman–Crippen MR) is 84.3 cm³/mol. The van der Waals surface area contributed by atoms with Gasteiger partial charge in [-0.1, -0.05) is 23.7 Å². The summed E-state index contributed by atoms with van der Waals surface area (Å²) in [5, 5.41) is 3.72. The molecule has 1 aromatic carbocycles. The highest BCUT2D eigenvalue weighted by Gasteiger charge is 2.31. The van der Waals surface area contributed by atoms with Crippen LogP contribution in [0.3, 0.4) is 0 Å². The van der Waals surface area contributed by atoms with E-state index in [4.69, 9.17) is 22.1 Å². The van der Waals surface area contributed by atoms with Gasteiger partial charge in [0.15, 0.2) is 0 Å². The quantitative estimate of drug-likeness (QED) is 0.876. The fraction of sp³-hybridized carbons (Fsp3) is 0.562. The molecule has 0 spiro atoms. The van der Waals surface area contributed by atoms with Gasteiger partial charge in [-0.15, -0.1) is 0 Å². The number of benzene rings is 1. The molecule has 0 aromatic heterocycles. The Labute approximate surface area is 131 Å². The SMILES string of the molecule is CO[C@@H]1CC[C@H](C(=O)NCCc2cccc(Cl)c2)C[C@H]1N. The summed E-state index contributed by atoms with van der Waals surface area (Å²) >= 11 is 5.94. The third-order valence-corrected chi connectivity index (χ3v) is 4.34. The molecule has 0 saturated heterocycles. The zero-order valence-electron chi connectivity index (χ0n) is 12.3. The van der Waals surface area contributed by atoms with Crippen LogP contribution in [0.4, 0.5) is 0 Å². The first-order valence-corrected chi connectivity index (χ1v) is 7.78. The largest absolute Gasteiger partial charge is 0.380 e. The topological polar surface area (TPSA) is 64.3 Å². The highest BCUT2D eigenvalue weighted by Crippen LogP contribution is 2.25. The molecule has 1 saturated carbocycles. The molecule has 1 fully saturated rings. The normalized spacial score (nSPS) is 25.6. The molecule has 1 aliphatic rings. The number of ether oxygens (including phenoxy) is 1. The van der Waals surface area contributed by atoms with Crippen LogP contribution >= 0.6 is 11.6 Å².